The number of nitrogens with zero attached hydrogens (tertiary/aromatic N) is 2. The van der Waals surface area contributed by atoms with Crippen LogP contribution in [0.1, 0.15) is 49.3 Å². The van der Waals surface area contributed by atoms with Gasteiger partial charge in [-0.1, -0.05) is 49.1 Å². The van der Waals surface area contributed by atoms with E-state index in [1.54, 1.807) is 30.5 Å². The van der Waals surface area contributed by atoms with E-state index in [0.717, 1.165) is 29.9 Å². The molecule has 3 rings (SSSR count). The van der Waals surface area contributed by atoms with Crippen LogP contribution in [0.2, 0.25) is 0 Å². The van der Waals surface area contributed by atoms with Gasteiger partial charge < -0.3 is 20.7 Å². The Kier molecular flexibility index (Phi) is 10.2. The standard InChI is InChI=1S/C24H29FN4O.CH2O2/c1-3-8-17(9-4-2)21-16-27-24(28-21)22-12-7-13-29(22)23(30)15-19(26)14-18-10-5-6-11-20(18)25;2-1-3/h3-6,8-11,16,19,22H,1,7,12-15,26H2,2H3,(H,27,28);1H,(H,2,3)/b9-4-,17-8+;/t19-,22+;/m1./s1. The zero-order valence-corrected chi connectivity index (χ0v) is 18.8. The van der Waals surface area contributed by atoms with E-state index in [2.05, 4.69) is 16.5 Å². The molecule has 1 fully saturated rings. The van der Waals surface area contributed by atoms with E-state index in [1.807, 2.05) is 30.1 Å². The van der Waals surface area contributed by atoms with E-state index in [-0.39, 0.29) is 30.7 Å². The minimum absolute atomic E-state index is 0.0189. The van der Waals surface area contributed by atoms with Crippen molar-refractivity contribution < 1.29 is 19.1 Å². The Morgan fingerprint density at radius 2 is 2.18 bits per heavy atom. The molecule has 33 heavy (non-hydrogen) atoms. The molecule has 2 heterocycles. The molecule has 1 aliphatic heterocycles. The summed E-state index contributed by atoms with van der Waals surface area (Å²) in [5.74, 6) is 0.472. The second-order valence-electron chi connectivity index (χ2n) is 7.65. The molecule has 1 aromatic heterocycles. The molecular weight excluding hydrogens is 423 g/mol. The number of H-pyrrole nitrogens is 1. The number of halogens is 1. The highest BCUT2D eigenvalue weighted by atomic mass is 19.1. The van der Waals surface area contributed by atoms with Crippen molar-refractivity contribution in [1.29, 1.82) is 0 Å². The summed E-state index contributed by atoms with van der Waals surface area (Å²) in [6.45, 7) is 6.14. The summed E-state index contributed by atoms with van der Waals surface area (Å²) in [6.07, 6.45) is 11.7. The summed E-state index contributed by atoms with van der Waals surface area (Å²) in [7, 11) is 0. The van der Waals surface area contributed by atoms with Gasteiger partial charge >= 0.3 is 0 Å². The molecule has 0 aliphatic carbocycles. The van der Waals surface area contributed by atoms with Crippen molar-refractivity contribution >= 4 is 18.0 Å². The number of allylic oxidation sites excluding steroid dienone is 5. The summed E-state index contributed by atoms with van der Waals surface area (Å²) in [6, 6.07) is 6.02. The summed E-state index contributed by atoms with van der Waals surface area (Å²) in [5, 5.41) is 6.89. The largest absolute Gasteiger partial charge is 0.483 e. The fourth-order valence-corrected chi connectivity index (χ4v) is 3.90. The fraction of sp³-hybridized carbons (Fsp3) is 0.320. The molecule has 0 spiro atoms. The molecule has 0 saturated carbocycles. The molecule has 0 radical (unpaired) electrons. The number of imidazole rings is 1. The second kappa shape index (κ2) is 13.1. The van der Waals surface area contributed by atoms with Crippen LogP contribution < -0.4 is 5.73 Å². The van der Waals surface area contributed by atoms with Gasteiger partial charge in [-0.15, -0.1) is 0 Å². The van der Waals surface area contributed by atoms with Crippen LogP contribution in [0, 0.1) is 5.82 Å². The third-order valence-corrected chi connectivity index (χ3v) is 5.32. The van der Waals surface area contributed by atoms with Gasteiger partial charge in [-0.2, -0.15) is 0 Å². The lowest BCUT2D eigenvalue weighted by molar-refractivity contribution is -0.132. The Bertz CT molecular complexity index is 999. The number of aromatic amines is 1. The number of carbonyl (C=O) groups is 2. The van der Waals surface area contributed by atoms with Crippen molar-refractivity contribution in [1.82, 2.24) is 14.9 Å². The fourth-order valence-electron chi connectivity index (χ4n) is 3.90. The Morgan fingerprint density at radius 3 is 2.85 bits per heavy atom. The topological polar surface area (TPSA) is 112 Å². The number of hydrogen-bond donors (Lipinski definition) is 3. The third-order valence-electron chi connectivity index (χ3n) is 5.32. The quantitative estimate of drug-likeness (QED) is 0.412. The van der Waals surface area contributed by atoms with E-state index in [4.69, 9.17) is 15.6 Å². The summed E-state index contributed by atoms with van der Waals surface area (Å²) >= 11 is 0. The molecule has 4 N–H and O–H groups in total. The Hall–Kier alpha value is -3.52. The van der Waals surface area contributed by atoms with Crippen LogP contribution in [0.3, 0.4) is 0 Å². The summed E-state index contributed by atoms with van der Waals surface area (Å²) in [4.78, 5) is 31.0. The monoisotopic (exact) mass is 454 g/mol. The van der Waals surface area contributed by atoms with Crippen molar-refractivity contribution in [2.45, 2.75) is 44.7 Å². The van der Waals surface area contributed by atoms with Gasteiger partial charge in [0.25, 0.3) is 6.47 Å². The van der Waals surface area contributed by atoms with E-state index >= 15 is 0 Å². The summed E-state index contributed by atoms with van der Waals surface area (Å²) in [5.41, 5.74) is 8.58. The van der Waals surface area contributed by atoms with Gasteiger partial charge in [0.1, 0.15) is 11.6 Å². The molecule has 2 aromatic rings. The molecule has 1 aliphatic rings. The first kappa shape index (κ1) is 25.7. The highest BCUT2D eigenvalue weighted by Crippen LogP contribution is 2.31. The maximum Gasteiger partial charge on any atom is 0.290 e. The van der Waals surface area contributed by atoms with Gasteiger partial charge in [-0.05, 0) is 43.4 Å². The number of nitrogens with one attached hydrogen (secondary N) is 1. The van der Waals surface area contributed by atoms with Gasteiger partial charge in [0.2, 0.25) is 5.91 Å². The molecular formula is C25H31FN4O3. The number of carboxylic acid groups (broad SMARTS) is 1. The smallest absolute Gasteiger partial charge is 0.290 e. The SMILES string of the molecule is C=C/C=C(\C=C/C)c1cnc([C@@H]2CCCN2C(=O)C[C@H](N)Cc2ccccc2F)[nH]1.O=CO. The number of likely N-dealkylation sites (tertiary alicyclic amines) is 1. The zero-order chi connectivity index (χ0) is 24.2. The molecule has 0 unspecified atom stereocenters. The first-order valence-electron chi connectivity index (χ1n) is 10.8. The number of carbonyl (C=O) groups excluding carboxylic acids is 1. The third kappa shape index (κ3) is 7.25. The molecule has 8 heteroatoms. The maximum absolute atomic E-state index is 13.9. The van der Waals surface area contributed by atoms with Crippen LogP contribution in [0.4, 0.5) is 4.39 Å². The lowest BCUT2D eigenvalue weighted by Gasteiger charge is -2.25. The average molecular weight is 455 g/mol. The predicted molar refractivity (Wildman–Crippen MR) is 127 cm³/mol. The van der Waals surface area contributed by atoms with E-state index in [0.29, 0.717) is 18.5 Å². The number of hydrogen-bond acceptors (Lipinski definition) is 4. The Balaban J connectivity index is 0.00000122. The van der Waals surface area contributed by atoms with Gasteiger partial charge in [-0.3, -0.25) is 9.59 Å². The number of rotatable bonds is 8. The highest BCUT2D eigenvalue weighted by molar-refractivity contribution is 5.78. The van der Waals surface area contributed by atoms with Crippen molar-refractivity contribution in [3.8, 4) is 0 Å². The average Bonchev–Trinajstić information content (AvgIpc) is 3.45. The molecule has 1 saturated heterocycles. The zero-order valence-electron chi connectivity index (χ0n) is 18.8. The van der Waals surface area contributed by atoms with Gasteiger partial charge in [0.15, 0.2) is 0 Å². The van der Waals surface area contributed by atoms with E-state index in [1.165, 1.54) is 6.07 Å². The minimum atomic E-state index is -0.431. The predicted octanol–water partition coefficient (Wildman–Crippen LogP) is 4.02. The van der Waals surface area contributed by atoms with Gasteiger partial charge in [0.05, 0.1) is 17.9 Å². The van der Waals surface area contributed by atoms with Crippen molar-refractivity contribution in [2.24, 2.45) is 5.73 Å². The lowest BCUT2D eigenvalue weighted by Crippen LogP contribution is -2.36. The second-order valence-corrected chi connectivity index (χ2v) is 7.65. The molecule has 2 atom stereocenters. The van der Waals surface area contributed by atoms with Crippen LogP contribution in [-0.4, -0.2) is 44.9 Å². The van der Waals surface area contributed by atoms with E-state index < -0.39 is 6.04 Å². The van der Waals surface area contributed by atoms with Crippen molar-refractivity contribution in [3.05, 3.63) is 84.2 Å². The molecule has 7 nitrogen and oxygen atoms in total. The van der Waals surface area contributed by atoms with Crippen LogP contribution in [0.15, 0.2) is 61.3 Å². The first-order chi connectivity index (χ1) is 15.9. The number of amides is 1. The lowest BCUT2D eigenvalue weighted by atomic mass is 10.0. The number of nitrogens with two attached hydrogens (primary N) is 1. The highest BCUT2D eigenvalue weighted by Gasteiger charge is 2.32. The maximum atomic E-state index is 13.9. The minimum Gasteiger partial charge on any atom is -0.483 e. The molecule has 1 aromatic carbocycles. The van der Waals surface area contributed by atoms with Crippen molar-refractivity contribution in [2.75, 3.05) is 6.54 Å². The van der Waals surface area contributed by atoms with Crippen LogP contribution in [-0.2, 0) is 16.0 Å². The van der Waals surface area contributed by atoms with Gasteiger partial charge in [-0.25, -0.2) is 9.37 Å². The van der Waals surface area contributed by atoms with Crippen molar-refractivity contribution in [3.63, 3.8) is 0 Å². The van der Waals surface area contributed by atoms with E-state index in [9.17, 15) is 9.18 Å². The van der Waals surface area contributed by atoms with Crippen LogP contribution in [0.25, 0.3) is 5.57 Å². The number of aromatic nitrogens is 2. The molecule has 1 amide bonds. The Labute approximate surface area is 193 Å². The first-order valence-corrected chi connectivity index (χ1v) is 10.8. The van der Waals surface area contributed by atoms with Crippen LogP contribution in [0.5, 0.6) is 0 Å². The molecule has 176 valence electrons. The summed E-state index contributed by atoms with van der Waals surface area (Å²) < 4.78 is 13.9. The van der Waals surface area contributed by atoms with Gasteiger partial charge in [0, 0.05) is 19.0 Å². The molecule has 0 bridgehead atoms. The number of benzene rings is 1. The normalized spacial score (nSPS) is 16.9. The van der Waals surface area contributed by atoms with Crippen LogP contribution >= 0.6 is 0 Å². The Morgan fingerprint density at radius 1 is 1.45 bits per heavy atom.